The summed E-state index contributed by atoms with van der Waals surface area (Å²) >= 11 is 0. The third kappa shape index (κ3) is 1.37. The molecular weight excluding hydrogens is 178 g/mol. The summed E-state index contributed by atoms with van der Waals surface area (Å²) in [6.45, 7) is 2.03. The molecule has 0 N–H and O–H groups in total. The van der Waals surface area contributed by atoms with E-state index in [2.05, 4.69) is 0 Å². The topological polar surface area (TPSA) is 35.1 Å². The van der Waals surface area contributed by atoms with Crippen LogP contribution in [0.4, 0.5) is 0 Å². The summed E-state index contributed by atoms with van der Waals surface area (Å²) in [7, 11) is 1.70. The zero-order chi connectivity index (χ0) is 10.1. The van der Waals surface area contributed by atoms with Gasteiger partial charge in [-0.25, -0.2) is 4.79 Å². The van der Waals surface area contributed by atoms with Crippen LogP contribution in [0, 0.1) is 6.92 Å². The van der Waals surface area contributed by atoms with Crippen molar-refractivity contribution in [1.29, 1.82) is 0 Å². The van der Waals surface area contributed by atoms with E-state index in [1.54, 1.807) is 7.05 Å². The molecule has 3 heteroatoms. The van der Waals surface area contributed by atoms with Crippen molar-refractivity contribution in [2.24, 2.45) is 7.05 Å². The van der Waals surface area contributed by atoms with Crippen LogP contribution in [-0.2, 0) is 7.05 Å². The Kier molecular flexibility index (Phi) is 2.00. The van der Waals surface area contributed by atoms with E-state index in [1.165, 1.54) is 16.4 Å². The molecule has 2 aromatic rings. The number of nitrogens with zero attached hydrogens (tertiary/aromatic N) is 1. The lowest BCUT2D eigenvalue weighted by Crippen LogP contribution is -2.09. The van der Waals surface area contributed by atoms with Gasteiger partial charge in [0, 0.05) is 12.6 Å². The third-order valence-corrected chi connectivity index (χ3v) is 2.25. The minimum atomic E-state index is -0.333. The zero-order valence-electron chi connectivity index (χ0n) is 8.15. The first kappa shape index (κ1) is 8.81. The van der Waals surface area contributed by atoms with Crippen LogP contribution in [0.2, 0.25) is 0 Å². The molecule has 3 nitrogen and oxygen atoms in total. The summed E-state index contributed by atoms with van der Waals surface area (Å²) in [6.07, 6.45) is 1.48. The maximum absolute atomic E-state index is 11.1. The first-order valence-electron chi connectivity index (χ1n) is 4.40. The van der Waals surface area contributed by atoms with Crippen molar-refractivity contribution in [3.63, 3.8) is 0 Å². The Morgan fingerprint density at radius 2 is 1.86 bits per heavy atom. The SMILES string of the molecule is Cc1ccc(-c2coc(=O)n2C)cc1. The average molecular weight is 189 g/mol. The Balaban J connectivity index is 2.55. The molecule has 0 aliphatic carbocycles. The highest BCUT2D eigenvalue weighted by molar-refractivity contribution is 5.58. The van der Waals surface area contributed by atoms with E-state index in [0.29, 0.717) is 0 Å². The second-order valence-electron chi connectivity index (χ2n) is 3.31. The van der Waals surface area contributed by atoms with E-state index in [-0.39, 0.29) is 5.76 Å². The first-order chi connectivity index (χ1) is 6.68. The van der Waals surface area contributed by atoms with Gasteiger partial charge in [0.05, 0.1) is 5.69 Å². The highest BCUT2D eigenvalue weighted by atomic mass is 16.4. The molecule has 72 valence electrons. The fraction of sp³-hybridized carbons (Fsp3) is 0.182. The van der Waals surface area contributed by atoms with Gasteiger partial charge < -0.3 is 4.42 Å². The number of benzene rings is 1. The summed E-state index contributed by atoms with van der Waals surface area (Å²) in [6, 6.07) is 7.96. The molecule has 0 amide bonds. The minimum absolute atomic E-state index is 0.333. The Bertz CT molecular complexity index is 491. The van der Waals surface area contributed by atoms with Crippen LogP contribution in [-0.4, -0.2) is 4.57 Å². The number of aromatic nitrogens is 1. The monoisotopic (exact) mass is 189 g/mol. The molecule has 0 saturated carbocycles. The molecule has 0 spiro atoms. The van der Waals surface area contributed by atoms with Gasteiger partial charge in [-0.05, 0) is 6.92 Å². The van der Waals surface area contributed by atoms with Crippen molar-refractivity contribution in [2.75, 3.05) is 0 Å². The Hall–Kier alpha value is -1.77. The maximum atomic E-state index is 11.1. The van der Waals surface area contributed by atoms with Crippen molar-refractivity contribution >= 4 is 0 Å². The van der Waals surface area contributed by atoms with E-state index in [1.807, 2.05) is 31.2 Å². The maximum Gasteiger partial charge on any atom is 0.419 e. The van der Waals surface area contributed by atoms with Gasteiger partial charge >= 0.3 is 5.76 Å². The molecule has 0 aliphatic heterocycles. The second kappa shape index (κ2) is 3.18. The number of aryl methyl sites for hydroxylation is 1. The average Bonchev–Trinajstić information content (AvgIpc) is 2.50. The number of oxazole rings is 1. The number of rotatable bonds is 1. The number of hydrogen-bond donors (Lipinski definition) is 0. The molecule has 1 heterocycles. The minimum Gasteiger partial charge on any atom is -0.416 e. The number of hydrogen-bond acceptors (Lipinski definition) is 2. The van der Waals surface area contributed by atoms with Gasteiger partial charge in [-0.2, -0.15) is 0 Å². The molecule has 0 bridgehead atoms. The molecule has 1 aromatic heterocycles. The lowest BCUT2D eigenvalue weighted by Gasteiger charge is -2.00. The molecular formula is C11H11NO2. The van der Waals surface area contributed by atoms with E-state index in [9.17, 15) is 4.79 Å². The van der Waals surface area contributed by atoms with Crippen molar-refractivity contribution in [3.8, 4) is 11.3 Å². The smallest absolute Gasteiger partial charge is 0.416 e. The van der Waals surface area contributed by atoms with Gasteiger partial charge in [0.25, 0.3) is 0 Å². The van der Waals surface area contributed by atoms with Gasteiger partial charge in [-0.15, -0.1) is 0 Å². The van der Waals surface area contributed by atoms with Gasteiger partial charge in [0.2, 0.25) is 0 Å². The summed E-state index contributed by atoms with van der Waals surface area (Å²) in [5.74, 6) is -0.333. The molecule has 0 radical (unpaired) electrons. The zero-order valence-corrected chi connectivity index (χ0v) is 8.15. The van der Waals surface area contributed by atoms with Crippen LogP contribution < -0.4 is 5.76 Å². The van der Waals surface area contributed by atoms with Crippen molar-refractivity contribution in [2.45, 2.75) is 6.92 Å². The largest absolute Gasteiger partial charge is 0.419 e. The van der Waals surface area contributed by atoms with Gasteiger partial charge in [0.1, 0.15) is 6.26 Å². The fourth-order valence-corrected chi connectivity index (χ4v) is 1.35. The molecule has 0 aliphatic rings. The second-order valence-corrected chi connectivity index (χ2v) is 3.31. The van der Waals surface area contributed by atoms with E-state index < -0.39 is 0 Å². The lowest BCUT2D eigenvalue weighted by atomic mass is 10.1. The highest BCUT2D eigenvalue weighted by Gasteiger charge is 2.05. The van der Waals surface area contributed by atoms with Gasteiger partial charge in [0.15, 0.2) is 0 Å². The summed E-state index contributed by atoms with van der Waals surface area (Å²) in [5.41, 5.74) is 2.99. The van der Waals surface area contributed by atoms with Crippen LogP contribution in [0.25, 0.3) is 11.3 Å². The van der Waals surface area contributed by atoms with Gasteiger partial charge in [-0.3, -0.25) is 4.57 Å². The molecule has 0 unspecified atom stereocenters. The summed E-state index contributed by atoms with van der Waals surface area (Å²) in [4.78, 5) is 11.1. The predicted molar refractivity (Wildman–Crippen MR) is 54.1 cm³/mol. The van der Waals surface area contributed by atoms with Crippen molar-refractivity contribution in [1.82, 2.24) is 4.57 Å². The molecule has 14 heavy (non-hydrogen) atoms. The standard InChI is InChI=1S/C11H11NO2/c1-8-3-5-9(6-4-8)10-7-14-11(13)12(10)2/h3-7H,1-2H3. The Morgan fingerprint density at radius 3 is 2.36 bits per heavy atom. The molecule has 0 atom stereocenters. The van der Waals surface area contributed by atoms with Crippen LogP contribution in [0.3, 0.4) is 0 Å². The van der Waals surface area contributed by atoms with Gasteiger partial charge in [-0.1, -0.05) is 29.8 Å². The molecule has 1 aromatic carbocycles. The van der Waals surface area contributed by atoms with Crippen LogP contribution in [0.1, 0.15) is 5.56 Å². The van der Waals surface area contributed by atoms with Crippen LogP contribution in [0.15, 0.2) is 39.7 Å². The first-order valence-corrected chi connectivity index (χ1v) is 4.40. The molecule has 2 rings (SSSR count). The molecule has 0 saturated heterocycles. The van der Waals surface area contributed by atoms with Crippen molar-refractivity contribution < 1.29 is 4.42 Å². The fourth-order valence-electron chi connectivity index (χ4n) is 1.35. The van der Waals surface area contributed by atoms with Crippen LogP contribution >= 0.6 is 0 Å². The Labute approximate surface area is 81.6 Å². The highest BCUT2D eigenvalue weighted by Crippen LogP contribution is 2.17. The lowest BCUT2D eigenvalue weighted by molar-refractivity contribution is 0.494. The van der Waals surface area contributed by atoms with Crippen LogP contribution in [0.5, 0.6) is 0 Å². The summed E-state index contributed by atoms with van der Waals surface area (Å²) in [5, 5.41) is 0. The van der Waals surface area contributed by atoms with E-state index in [0.717, 1.165) is 11.3 Å². The summed E-state index contributed by atoms with van der Waals surface area (Å²) < 4.78 is 6.28. The third-order valence-electron chi connectivity index (χ3n) is 2.25. The van der Waals surface area contributed by atoms with E-state index >= 15 is 0 Å². The van der Waals surface area contributed by atoms with Crippen molar-refractivity contribution in [3.05, 3.63) is 46.6 Å². The Morgan fingerprint density at radius 1 is 1.21 bits per heavy atom. The predicted octanol–water partition coefficient (Wildman–Crippen LogP) is 1.95. The normalized spacial score (nSPS) is 10.4. The quantitative estimate of drug-likeness (QED) is 0.687. The van der Waals surface area contributed by atoms with E-state index in [4.69, 9.17) is 4.42 Å². The molecule has 0 fully saturated rings.